The van der Waals surface area contributed by atoms with Gasteiger partial charge in [-0.25, -0.2) is 4.63 Å². The second-order valence-electron chi connectivity index (χ2n) is 4.30. The monoisotopic (exact) mass is 277 g/mol. The topological polar surface area (TPSA) is 83.4 Å². The van der Waals surface area contributed by atoms with Crippen LogP contribution in [0.15, 0.2) is 22.8 Å². The van der Waals surface area contributed by atoms with Crippen LogP contribution in [0.5, 0.6) is 11.5 Å². The Morgan fingerprint density at radius 3 is 2.75 bits per heavy atom. The zero-order valence-corrected chi connectivity index (χ0v) is 11.8. The lowest BCUT2D eigenvalue weighted by atomic mass is 10.1. The lowest BCUT2D eigenvalue weighted by Gasteiger charge is -2.15. The normalized spacial score (nSPS) is 10.6. The SMILES string of the molecule is CCOc1cccc(CCN)c1OCc1nonc1C. The van der Waals surface area contributed by atoms with Crippen LogP contribution in [0.1, 0.15) is 23.9 Å². The fourth-order valence-electron chi connectivity index (χ4n) is 1.87. The van der Waals surface area contributed by atoms with E-state index in [-0.39, 0.29) is 6.61 Å². The van der Waals surface area contributed by atoms with Crippen LogP contribution < -0.4 is 15.2 Å². The van der Waals surface area contributed by atoms with Crippen LogP contribution in [0.2, 0.25) is 0 Å². The van der Waals surface area contributed by atoms with Crippen LogP contribution in [0, 0.1) is 6.92 Å². The number of nitrogens with zero attached hydrogens (tertiary/aromatic N) is 2. The minimum Gasteiger partial charge on any atom is -0.490 e. The number of hydrogen-bond acceptors (Lipinski definition) is 6. The number of para-hydroxylation sites is 1. The molecule has 1 aromatic carbocycles. The van der Waals surface area contributed by atoms with Crippen LogP contribution >= 0.6 is 0 Å². The Labute approximate surface area is 117 Å². The Kier molecular flexibility index (Phi) is 4.95. The molecule has 2 N–H and O–H groups in total. The van der Waals surface area contributed by atoms with Gasteiger partial charge >= 0.3 is 0 Å². The quantitative estimate of drug-likeness (QED) is 0.831. The maximum Gasteiger partial charge on any atom is 0.164 e. The third-order valence-electron chi connectivity index (χ3n) is 2.87. The second-order valence-corrected chi connectivity index (χ2v) is 4.30. The number of benzene rings is 1. The van der Waals surface area contributed by atoms with Gasteiger partial charge in [0.25, 0.3) is 0 Å². The molecule has 0 unspecified atom stereocenters. The number of ether oxygens (including phenoxy) is 2. The third kappa shape index (κ3) is 3.27. The number of aryl methyl sites for hydroxylation is 1. The lowest BCUT2D eigenvalue weighted by Crippen LogP contribution is -2.07. The maximum absolute atomic E-state index is 5.86. The smallest absolute Gasteiger partial charge is 0.164 e. The Balaban J connectivity index is 2.20. The molecule has 0 saturated carbocycles. The molecule has 0 saturated heterocycles. The minimum absolute atomic E-state index is 0.289. The van der Waals surface area contributed by atoms with Gasteiger partial charge in [-0.15, -0.1) is 0 Å². The number of rotatable bonds is 7. The summed E-state index contributed by atoms with van der Waals surface area (Å²) in [4.78, 5) is 0. The van der Waals surface area contributed by atoms with E-state index < -0.39 is 0 Å². The van der Waals surface area contributed by atoms with Gasteiger partial charge in [-0.3, -0.25) is 0 Å². The summed E-state index contributed by atoms with van der Waals surface area (Å²) in [6.07, 6.45) is 0.728. The maximum atomic E-state index is 5.86. The highest BCUT2D eigenvalue weighted by Crippen LogP contribution is 2.32. The summed E-state index contributed by atoms with van der Waals surface area (Å²) in [6, 6.07) is 5.80. The van der Waals surface area contributed by atoms with E-state index in [1.165, 1.54) is 0 Å². The Morgan fingerprint density at radius 2 is 2.10 bits per heavy atom. The van der Waals surface area contributed by atoms with Crippen LogP contribution in [-0.4, -0.2) is 23.5 Å². The summed E-state index contributed by atoms with van der Waals surface area (Å²) in [5.74, 6) is 1.43. The standard InChI is InChI=1S/C14H19N3O3/c1-3-18-13-6-4-5-11(7-8-15)14(13)19-9-12-10(2)16-20-17-12/h4-6H,3,7-9,15H2,1-2H3. The fraction of sp³-hybridized carbons (Fsp3) is 0.429. The summed E-state index contributed by atoms with van der Waals surface area (Å²) in [5.41, 5.74) is 8.05. The van der Waals surface area contributed by atoms with E-state index in [2.05, 4.69) is 14.9 Å². The zero-order valence-electron chi connectivity index (χ0n) is 11.8. The van der Waals surface area contributed by atoms with Crippen molar-refractivity contribution in [3.05, 3.63) is 35.2 Å². The molecule has 0 radical (unpaired) electrons. The highest BCUT2D eigenvalue weighted by molar-refractivity contribution is 5.47. The van der Waals surface area contributed by atoms with Crippen LogP contribution in [0.3, 0.4) is 0 Å². The molecular weight excluding hydrogens is 258 g/mol. The highest BCUT2D eigenvalue weighted by Gasteiger charge is 2.13. The van der Waals surface area contributed by atoms with Gasteiger partial charge in [0, 0.05) is 0 Å². The molecule has 0 atom stereocenters. The van der Waals surface area contributed by atoms with Gasteiger partial charge < -0.3 is 15.2 Å². The molecule has 2 aromatic rings. The molecule has 20 heavy (non-hydrogen) atoms. The molecule has 0 aliphatic heterocycles. The minimum atomic E-state index is 0.289. The van der Waals surface area contributed by atoms with E-state index in [1.807, 2.05) is 32.0 Å². The van der Waals surface area contributed by atoms with Gasteiger partial charge in [-0.05, 0) is 38.4 Å². The first kappa shape index (κ1) is 14.3. The number of aromatic nitrogens is 2. The van der Waals surface area contributed by atoms with Crippen LogP contribution in [0.25, 0.3) is 0 Å². The molecule has 2 rings (SSSR count). The lowest BCUT2D eigenvalue weighted by molar-refractivity contribution is 0.251. The van der Waals surface area contributed by atoms with Crippen molar-refractivity contribution in [1.29, 1.82) is 0 Å². The van der Waals surface area contributed by atoms with E-state index >= 15 is 0 Å². The molecule has 0 bridgehead atoms. The molecule has 0 spiro atoms. The van der Waals surface area contributed by atoms with Crippen molar-refractivity contribution in [2.45, 2.75) is 26.9 Å². The van der Waals surface area contributed by atoms with E-state index in [4.69, 9.17) is 15.2 Å². The van der Waals surface area contributed by atoms with Crippen LogP contribution in [0.4, 0.5) is 0 Å². The fourth-order valence-corrected chi connectivity index (χ4v) is 1.87. The Bertz CT molecular complexity index is 530. The molecule has 0 fully saturated rings. The number of nitrogens with two attached hydrogens (primary N) is 1. The van der Waals surface area contributed by atoms with Crippen molar-refractivity contribution >= 4 is 0 Å². The first-order chi connectivity index (χ1) is 9.76. The molecule has 6 nitrogen and oxygen atoms in total. The summed E-state index contributed by atoms with van der Waals surface area (Å²) >= 11 is 0. The molecule has 0 amide bonds. The van der Waals surface area contributed by atoms with Crippen molar-refractivity contribution in [2.75, 3.05) is 13.2 Å². The third-order valence-corrected chi connectivity index (χ3v) is 2.87. The molecule has 1 heterocycles. The van der Waals surface area contributed by atoms with Gasteiger partial charge in [-0.1, -0.05) is 22.4 Å². The Morgan fingerprint density at radius 1 is 1.25 bits per heavy atom. The van der Waals surface area contributed by atoms with Crippen molar-refractivity contribution < 1.29 is 14.1 Å². The summed E-state index contributed by atoms with van der Waals surface area (Å²) in [6.45, 7) is 5.18. The average molecular weight is 277 g/mol. The van der Waals surface area contributed by atoms with E-state index in [0.29, 0.717) is 30.3 Å². The predicted octanol–water partition coefficient (Wildman–Crippen LogP) is 1.86. The summed E-state index contributed by atoms with van der Waals surface area (Å²) in [5, 5.41) is 7.53. The first-order valence-corrected chi connectivity index (χ1v) is 6.61. The van der Waals surface area contributed by atoms with Gasteiger partial charge in [0.2, 0.25) is 0 Å². The molecular formula is C14H19N3O3. The molecule has 6 heteroatoms. The average Bonchev–Trinajstić information content (AvgIpc) is 2.84. The summed E-state index contributed by atoms with van der Waals surface area (Å²) < 4.78 is 16.1. The van der Waals surface area contributed by atoms with Crippen molar-refractivity contribution in [3.8, 4) is 11.5 Å². The summed E-state index contributed by atoms with van der Waals surface area (Å²) in [7, 11) is 0. The van der Waals surface area contributed by atoms with Crippen molar-refractivity contribution in [2.24, 2.45) is 5.73 Å². The van der Waals surface area contributed by atoms with E-state index in [1.54, 1.807) is 0 Å². The van der Waals surface area contributed by atoms with E-state index in [9.17, 15) is 0 Å². The van der Waals surface area contributed by atoms with E-state index in [0.717, 1.165) is 17.7 Å². The molecule has 108 valence electrons. The zero-order chi connectivity index (χ0) is 14.4. The largest absolute Gasteiger partial charge is 0.490 e. The van der Waals surface area contributed by atoms with Gasteiger partial charge in [0.05, 0.1) is 6.61 Å². The van der Waals surface area contributed by atoms with Gasteiger partial charge in [0.15, 0.2) is 11.5 Å². The number of hydrogen-bond donors (Lipinski definition) is 1. The molecule has 0 aliphatic carbocycles. The van der Waals surface area contributed by atoms with Gasteiger partial charge in [-0.2, -0.15) is 0 Å². The highest BCUT2D eigenvalue weighted by atomic mass is 16.6. The van der Waals surface area contributed by atoms with Gasteiger partial charge in [0.1, 0.15) is 18.0 Å². The van der Waals surface area contributed by atoms with Crippen molar-refractivity contribution in [1.82, 2.24) is 10.3 Å². The predicted molar refractivity (Wildman–Crippen MR) is 73.7 cm³/mol. The van der Waals surface area contributed by atoms with Crippen LogP contribution in [-0.2, 0) is 13.0 Å². The molecule has 1 aromatic heterocycles. The van der Waals surface area contributed by atoms with Crippen molar-refractivity contribution in [3.63, 3.8) is 0 Å². The Hall–Kier alpha value is -2.08. The first-order valence-electron chi connectivity index (χ1n) is 6.61. The second kappa shape index (κ2) is 6.91. The molecule has 0 aliphatic rings.